The minimum absolute atomic E-state index is 0.0387. The van der Waals surface area contributed by atoms with Crippen LogP contribution in [0.1, 0.15) is 21.5 Å². The fourth-order valence-corrected chi connectivity index (χ4v) is 4.28. The van der Waals surface area contributed by atoms with E-state index in [1.807, 2.05) is 24.3 Å². The molecule has 10 heteroatoms. The van der Waals surface area contributed by atoms with Crippen molar-refractivity contribution < 1.29 is 23.1 Å². The number of aromatic nitrogens is 2. The van der Waals surface area contributed by atoms with Crippen LogP contribution in [0.3, 0.4) is 0 Å². The number of nitriles is 1. The van der Waals surface area contributed by atoms with Gasteiger partial charge in [0.05, 0.1) is 33.4 Å². The van der Waals surface area contributed by atoms with Crippen molar-refractivity contribution in [1.29, 1.82) is 5.26 Å². The quantitative estimate of drug-likeness (QED) is 0.458. The lowest BCUT2D eigenvalue weighted by Gasteiger charge is -2.12. The Labute approximate surface area is 183 Å². The predicted molar refractivity (Wildman–Crippen MR) is 115 cm³/mol. The van der Waals surface area contributed by atoms with Crippen LogP contribution < -0.4 is 9.46 Å². The second-order valence-electron chi connectivity index (χ2n) is 6.80. The number of nitrogens with one attached hydrogen (secondary N) is 1. The lowest BCUT2D eigenvalue weighted by molar-refractivity contribution is 0.0696. The van der Waals surface area contributed by atoms with Crippen molar-refractivity contribution in [2.45, 2.75) is 11.8 Å². The van der Waals surface area contributed by atoms with E-state index in [4.69, 9.17) is 4.74 Å². The van der Waals surface area contributed by atoms with Gasteiger partial charge >= 0.3 is 5.97 Å². The number of nitrogens with zero attached hydrogens (tertiary/aromatic N) is 3. The third kappa shape index (κ3) is 3.84. The third-order valence-electron chi connectivity index (χ3n) is 4.76. The van der Waals surface area contributed by atoms with Gasteiger partial charge in [-0.05, 0) is 48.9 Å². The molecular formula is C22H16N4O5S. The molecule has 0 aliphatic heterocycles. The molecule has 4 aromatic rings. The molecule has 0 bridgehead atoms. The maximum Gasteiger partial charge on any atom is 0.337 e. The summed E-state index contributed by atoms with van der Waals surface area (Å²) in [6.45, 7) is 1.52. The van der Waals surface area contributed by atoms with Gasteiger partial charge < -0.3 is 9.84 Å². The second-order valence-corrected chi connectivity index (χ2v) is 8.49. The summed E-state index contributed by atoms with van der Waals surface area (Å²) in [5.74, 6) is -0.126. The van der Waals surface area contributed by atoms with E-state index in [0.717, 1.165) is 0 Å². The summed E-state index contributed by atoms with van der Waals surface area (Å²) in [5.41, 5.74) is 0.344. The van der Waals surface area contributed by atoms with E-state index in [1.165, 1.54) is 48.1 Å². The Morgan fingerprint density at radius 3 is 2.41 bits per heavy atom. The summed E-state index contributed by atoms with van der Waals surface area (Å²) < 4.78 is 35.4. The van der Waals surface area contributed by atoms with Crippen LogP contribution in [0.4, 0.5) is 5.69 Å². The number of ether oxygens (including phenoxy) is 1. The van der Waals surface area contributed by atoms with Crippen molar-refractivity contribution in [3.05, 3.63) is 83.7 Å². The molecule has 0 aliphatic rings. The number of rotatable bonds is 6. The summed E-state index contributed by atoms with van der Waals surface area (Å²) in [6.07, 6.45) is 2.44. The average molecular weight is 448 g/mol. The van der Waals surface area contributed by atoms with Gasteiger partial charge in [0.25, 0.3) is 10.0 Å². The van der Waals surface area contributed by atoms with E-state index in [2.05, 4.69) is 9.82 Å². The molecule has 0 aliphatic carbocycles. The molecule has 0 atom stereocenters. The van der Waals surface area contributed by atoms with E-state index in [-0.39, 0.29) is 32.8 Å². The highest BCUT2D eigenvalue weighted by Crippen LogP contribution is 2.30. The number of fused-ring (bicyclic) bond motifs is 1. The molecule has 160 valence electrons. The SMILES string of the molecule is Cc1c(C(=O)O)cn2ncc(C#N)c(NS(=O)(=O)c3ccc(Oc4ccccc4)cc3)c12. The highest BCUT2D eigenvalue weighted by Gasteiger charge is 2.23. The standard InChI is InChI=1S/C22H16N4O5S/c1-14-19(22(27)28)13-26-21(14)20(15(11-23)12-24-26)25-32(29,30)18-9-7-17(8-10-18)31-16-5-3-2-4-6-16/h2-10,12-13,25H,1H3,(H,27,28). The minimum Gasteiger partial charge on any atom is -0.478 e. The second kappa shape index (κ2) is 8.05. The number of sulfonamides is 1. The van der Waals surface area contributed by atoms with Crippen molar-refractivity contribution in [2.24, 2.45) is 0 Å². The van der Waals surface area contributed by atoms with E-state index >= 15 is 0 Å². The zero-order valence-corrected chi connectivity index (χ0v) is 17.5. The molecule has 2 heterocycles. The molecule has 2 aromatic carbocycles. The van der Waals surface area contributed by atoms with Crippen molar-refractivity contribution in [2.75, 3.05) is 4.72 Å². The summed E-state index contributed by atoms with van der Waals surface area (Å²) in [5, 5.41) is 22.8. The maximum absolute atomic E-state index is 13.0. The van der Waals surface area contributed by atoms with Crippen molar-refractivity contribution >= 4 is 27.2 Å². The number of hydrogen-bond donors (Lipinski definition) is 2. The number of carbonyl (C=O) groups is 1. The number of hydrogen-bond acceptors (Lipinski definition) is 6. The highest BCUT2D eigenvalue weighted by molar-refractivity contribution is 7.92. The van der Waals surface area contributed by atoms with Gasteiger partial charge in [-0.3, -0.25) is 4.72 Å². The van der Waals surface area contributed by atoms with Crippen molar-refractivity contribution in [3.63, 3.8) is 0 Å². The molecular weight excluding hydrogens is 432 g/mol. The predicted octanol–water partition coefficient (Wildman–Crippen LogP) is 3.81. The third-order valence-corrected chi connectivity index (χ3v) is 6.12. The Balaban J connectivity index is 1.70. The van der Waals surface area contributed by atoms with Crippen LogP contribution in [0.15, 0.2) is 71.9 Å². The van der Waals surface area contributed by atoms with Gasteiger partial charge in [-0.15, -0.1) is 0 Å². The van der Waals surface area contributed by atoms with Crippen molar-refractivity contribution in [3.8, 4) is 17.6 Å². The number of para-hydroxylation sites is 1. The van der Waals surface area contributed by atoms with Crippen LogP contribution in [0.25, 0.3) is 5.52 Å². The maximum atomic E-state index is 13.0. The van der Waals surface area contributed by atoms with Crippen molar-refractivity contribution in [1.82, 2.24) is 9.61 Å². The van der Waals surface area contributed by atoms with Crippen LogP contribution >= 0.6 is 0 Å². The lowest BCUT2D eigenvalue weighted by atomic mass is 10.1. The lowest BCUT2D eigenvalue weighted by Crippen LogP contribution is -2.15. The van der Waals surface area contributed by atoms with Crippen LogP contribution in [0.2, 0.25) is 0 Å². The Hall–Kier alpha value is -4.36. The summed E-state index contributed by atoms with van der Waals surface area (Å²) in [7, 11) is -4.10. The van der Waals surface area contributed by atoms with Gasteiger partial charge in [0, 0.05) is 6.20 Å². The summed E-state index contributed by atoms with van der Waals surface area (Å²) >= 11 is 0. The van der Waals surface area contributed by atoms with Crippen LogP contribution in [-0.4, -0.2) is 29.1 Å². The van der Waals surface area contributed by atoms with Gasteiger partial charge in [0.1, 0.15) is 17.6 Å². The summed E-state index contributed by atoms with van der Waals surface area (Å²) in [6, 6.07) is 16.7. The zero-order chi connectivity index (χ0) is 22.9. The Bertz CT molecular complexity index is 1470. The molecule has 4 rings (SSSR count). The Kier molecular flexibility index (Phi) is 5.26. The monoisotopic (exact) mass is 448 g/mol. The first-order chi connectivity index (χ1) is 15.3. The van der Waals surface area contributed by atoms with Gasteiger partial charge in [-0.2, -0.15) is 10.4 Å². The fraction of sp³-hybridized carbons (Fsp3) is 0.0455. The number of anilines is 1. The molecule has 0 fully saturated rings. The van der Waals surface area contributed by atoms with Gasteiger partial charge in [-0.25, -0.2) is 17.7 Å². The van der Waals surface area contributed by atoms with Gasteiger partial charge in [0.2, 0.25) is 0 Å². The fourth-order valence-electron chi connectivity index (χ4n) is 3.20. The number of carboxylic acids is 1. The zero-order valence-electron chi connectivity index (χ0n) is 16.7. The molecule has 0 saturated carbocycles. The molecule has 2 aromatic heterocycles. The van der Waals surface area contributed by atoms with E-state index in [0.29, 0.717) is 11.5 Å². The Morgan fingerprint density at radius 1 is 1.12 bits per heavy atom. The van der Waals surface area contributed by atoms with E-state index < -0.39 is 16.0 Å². The van der Waals surface area contributed by atoms with Crippen LogP contribution in [0, 0.1) is 18.3 Å². The largest absolute Gasteiger partial charge is 0.478 e. The molecule has 2 N–H and O–H groups in total. The first kappa shape index (κ1) is 20.9. The molecule has 0 spiro atoms. The van der Waals surface area contributed by atoms with E-state index in [9.17, 15) is 23.6 Å². The normalized spacial score (nSPS) is 11.1. The number of aromatic carboxylic acids is 1. The molecule has 0 radical (unpaired) electrons. The number of carboxylic acid groups (broad SMARTS) is 1. The van der Waals surface area contributed by atoms with E-state index in [1.54, 1.807) is 12.1 Å². The molecule has 0 unspecified atom stereocenters. The smallest absolute Gasteiger partial charge is 0.337 e. The molecule has 0 amide bonds. The summed E-state index contributed by atoms with van der Waals surface area (Å²) in [4.78, 5) is 11.4. The average Bonchev–Trinajstić information content (AvgIpc) is 3.12. The Morgan fingerprint density at radius 2 is 1.78 bits per heavy atom. The highest BCUT2D eigenvalue weighted by atomic mass is 32.2. The molecule has 32 heavy (non-hydrogen) atoms. The van der Waals surface area contributed by atoms with Crippen LogP contribution in [-0.2, 0) is 10.0 Å². The number of aryl methyl sites for hydroxylation is 1. The van der Waals surface area contributed by atoms with Gasteiger partial charge in [-0.1, -0.05) is 18.2 Å². The topological polar surface area (TPSA) is 134 Å². The number of benzene rings is 2. The molecule has 9 nitrogen and oxygen atoms in total. The van der Waals surface area contributed by atoms with Gasteiger partial charge in [0.15, 0.2) is 0 Å². The first-order valence-corrected chi connectivity index (χ1v) is 10.8. The first-order valence-electron chi connectivity index (χ1n) is 9.30. The molecule has 0 saturated heterocycles. The minimum atomic E-state index is -4.10. The van der Waals surface area contributed by atoms with Crippen LogP contribution in [0.5, 0.6) is 11.5 Å².